The van der Waals surface area contributed by atoms with E-state index in [0.717, 1.165) is 0 Å². The van der Waals surface area contributed by atoms with Crippen LogP contribution in [-0.4, -0.2) is 38.8 Å². The monoisotopic (exact) mass is 285 g/mol. The van der Waals surface area contributed by atoms with Crippen LogP contribution in [0.3, 0.4) is 0 Å². The predicted molar refractivity (Wildman–Crippen MR) is 68.7 cm³/mol. The summed E-state index contributed by atoms with van der Waals surface area (Å²) < 4.78 is 19.9. The Hall–Kier alpha value is -2.51. The van der Waals surface area contributed by atoms with E-state index in [-0.39, 0.29) is 29.4 Å². The Bertz CT molecular complexity index is 527. The molecule has 0 aromatic heterocycles. The van der Waals surface area contributed by atoms with Gasteiger partial charge in [-0.05, 0) is 6.92 Å². The lowest BCUT2D eigenvalue weighted by Gasteiger charge is -2.14. The fourth-order valence-electron chi connectivity index (χ4n) is 1.69. The Morgan fingerprint density at radius 3 is 2.20 bits per heavy atom. The number of methoxy groups -OCH3 is 3. The SMILES string of the molecule is CCOC(=O)c1cc(OC)c(OC)c(OC)c1[N+](=O)[O-]. The molecule has 0 radical (unpaired) electrons. The molecule has 0 N–H and O–H groups in total. The topological polar surface area (TPSA) is 97.1 Å². The third-order valence-electron chi connectivity index (χ3n) is 2.48. The van der Waals surface area contributed by atoms with Gasteiger partial charge in [-0.3, -0.25) is 10.1 Å². The molecule has 0 aliphatic heterocycles. The summed E-state index contributed by atoms with van der Waals surface area (Å²) in [5.74, 6) is -0.855. The normalized spacial score (nSPS) is 9.80. The summed E-state index contributed by atoms with van der Waals surface area (Å²) in [5, 5.41) is 11.2. The van der Waals surface area contributed by atoms with Crippen LogP contribution in [0.25, 0.3) is 0 Å². The number of nitro benzene ring substituents is 1. The van der Waals surface area contributed by atoms with Crippen molar-refractivity contribution in [3.8, 4) is 17.2 Å². The highest BCUT2D eigenvalue weighted by atomic mass is 16.6. The molecule has 1 aromatic carbocycles. The highest BCUT2D eigenvalue weighted by molar-refractivity contribution is 5.97. The average molecular weight is 285 g/mol. The number of nitrogens with zero attached hydrogens (tertiary/aromatic N) is 1. The maximum Gasteiger partial charge on any atom is 0.345 e. The minimum Gasteiger partial charge on any atom is -0.493 e. The molecule has 0 saturated heterocycles. The number of ether oxygens (including phenoxy) is 4. The van der Waals surface area contributed by atoms with Crippen molar-refractivity contribution in [2.75, 3.05) is 27.9 Å². The molecule has 0 heterocycles. The smallest absolute Gasteiger partial charge is 0.345 e. The summed E-state index contributed by atoms with van der Waals surface area (Å²) in [7, 11) is 3.89. The van der Waals surface area contributed by atoms with Gasteiger partial charge >= 0.3 is 11.7 Å². The molecule has 0 aliphatic rings. The van der Waals surface area contributed by atoms with Crippen molar-refractivity contribution in [3.63, 3.8) is 0 Å². The van der Waals surface area contributed by atoms with Gasteiger partial charge in [0.1, 0.15) is 5.56 Å². The van der Waals surface area contributed by atoms with Gasteiger partial charge < -0.3 is 18.9 Å². The van der Waals surface area contributed by atoms with Gasteiger partial charge in [0, 0.05) is 6.07 Å². The summed E-state index contributed by atoms with van der Waals surface area (Å²) >= 11 is 0. The predicted octanol–water partition coefficient (Wildman–Crippen LogP) is 1.80. The van der Waals surface area contributed by atoms with Crippen LogP contribution in [0.15, 0.2) is 6.07 Å². The van der Waals surface area contributed by atoms with E-state index in [9.17, 15) is 14.9 Å². The molecule has 0 spiro atoms. The lowest BCUT2D eigenvalue weighted by molar-refractivity contribution is -0.386. The minimum atomic E-state index is -0.835. The van der Waals surface area contributed by atoms with E-state index in [1.54, 1.807) is 6.92 Å². The average Bonchev–Trinajstić information content (AvgIpc) is 2.44. The number of carbonyl (C=O) groups excluding carboxylic acids is 1. The Kier molecular flexibility index (Phi) is 5.13. The second kappa shape index (κ2) is 6.60. The fraction of sp³-hybridized carbons (Fsp3) is 0.417. The lowest BCUT2D eigenvalue weighted by atomic mass is 10.1. The number of carbonyl (C=O) groups is 1. The number of benzene rings is 1. The van der Waals surface area contributed by atoms with Crippen molar-refractivity contribution in [1.82, 2.24) is 0 Å². The van der Waals surface area contributed by atoms with Gasteiger partial charge in [-0.25, -0.2) is 4.79 Å². The van der Waals surface area contributed by atoms with E-state index in [1.807, 2.05) is 0 Å². The molecule has 0 bridgehead atoms. The largest absolute Gasteiger partial charge is 0.493 e. The van der Waals surface area contributed by atoms with E-state index >= 15 is 0 Å². The molecular weight excluding hydrogens is 270 g/mol. The van der Waals surface area contributed by atoms with Crippen LogP contribution in [0.5, 0.6) is 17.2 Å². The van der Waals surface area contributed by atoms with Crippen molar-refractivity contribution in [2.45, 2.75) is 6.92 Å². The molecule has 0 aliphatic carbocycles. The van der Waals surface area contributed by atoms with E-state index < -0.39 is 16.6 Å². The minimum absolute atomic E-state index is 0.0368. The van der Waals surface area contributed by atoms with Crippen LogP contribution in [-0.2, 0) is 4.74 Å². The lowest BCUT2D eigenvalue weighted by Crippen LogP contribution is -2.10. The van der Waals surface area contributed by atoms with Crippen molar-refractivity contribution in [3.05, 3.63) is 21.7 Å². The zero-order valence-corrected chi connectivity index (χ0v) is 11.6. The summed E-state index contributed by atoms with van der Waals surface area (Å²) in [6, 6.07) is 1.19. The maximum atomic E-state index is 11.8. The van der Waals surface area contributed by atoms with E-state index in [1.165, 1.54) is 27.4 Å². The van der Waals surface area contributed by atoms with Crippen LogP contribution in [0.4, 0.5) is 5.69 Å². The van der Waals surface area contributed by atoms with Gasteiger partial charge in [-0.2, -0.15) is 0 Å². The first kappa shape index (κ1) is 15.5. The Morgan fingerprint density at radius 1 is 1.20 bits per heavy atom. The summed E-state index contributed by atoms with van der Waals surface area (Å²) in [6.07, 6.45) is 0. The standard InChI is InChI=1S/C12H15NO7/c1-5-20-12(14)7-6-8(17-2)10(18-3)11(19-4)9(7)13(15)16/h6H,5H2,1-4H3. The molecule has 8 nitrogen and oxygen atoms in total. The second-order valence-corrected chi connectivity index (χ2v) is 3.52. The molecule has 20 heavy (non-hydrogen) atoms. The van der Waals surface area contributed by atoms with Gasteiger partial charge in [-0.1, -0.05) is 0 Å². The number of esters is 1. The quantitative estimate of drug-likeness (QED) is 0.446. The summed E-state index contributed by atoms with van der Waals surface area (Å²) in [4.78, 5) is 22.3. The molecule has 0 atom stereocenters. The Balaban J connectivity index is 3.65. The zero-order chi connectivity index (χ0) is 15.3. The van der Waals surface area contributed by atoms with Crippen molar-refractivity contribution in [2.24, 2.45) is 0 Å². The molecule has 0 saturated carbocycles. The van der Waals surface area contributed by atoms with E-state index in [4.69, 9.17) is 18.9 Å². The highest BCUT2D eigenvalue weighted by Gasteiger charge is 2.33. The maximum absolute atomic E-state index is 11.8. The third kappa shape index (κ3) is 2.73. The zero-order valence-electron chi connectivity index (χ0n) is 11.6. The van der Waals surface area contributed by atoms with Crippen LogP contribution in [0, 0.1) is 10.1 Å². The van der Waals surface area contributed by atoms with Crippen molar-refractivity contribution in [1.29, 1.82) is 0 Å². The Morgan fingerprint density at radius 2 is 1.80 bits per heavy atom. The van der Waals surface area contributed by atoms with Crippen LogP contribution < -0.4 is 14.2 Å². The molecule has 0 fully saturated rings. The first-order valence-corrected chi connectivity index (χ1v) is 5.66. The molecule has 0 amide bonds. The van der Waals surface area contributed by atoms with Gasteiger partial charge in [0.15, 0.2) is 5.75 Å². The first-order valence-electron chi connectivity index (χ1n) is 5.66. The molecular formula is C12H15NO7. The number of hydrogen-bond acceptors (Lipinski definition) is 7. The Labute approximate surface area is 115 Å². The molecule has 1 rings (SSSR count). The molecule has 110 valence electrons. The van der Waals surface area contributed by atoms with Crippen molar-refractivity contribution < 1.29 is 28.7 Å². The van der Waals surface area contributed by atoms with Gasteiger partial charge in [0.05, 0.1) is 32.9 Å². The van der Waals surface area contributed by atoms with Crippen LogP contribution >= 0.6 is 0 Å². The number of hydrogen-bond donors (Lipinski definition) is 0. The van der Waals surface area contributed by atoms with Gasteiger partial charge in [-0.15, -0.1) is 0 Å². The number of rotatable bonds is 6. The van der Waals surface area contributed by atoms with Gasteiger partial charge in [0.25, 0.3) is 0 Å². The highest BCUT2D eigenvalue weighted by Crippen LogP contribution is 2.46. The first-order chi connectivity index (χ1) is 9.51. The van der Waals surface area contributed by atoms with Gasteiger partial charge in [0.2, 0.25) is 11.5 Å². The second-order valence-electron chi connectivity index (χ2n) is 3.52. The third-order valence-corrected chi connectivity index (χ3v) is 2.48. The van der Waals surface area contributed by atoms with E-state index in [2.05, 4.69) is 0 Å². The number of nitro groups is 1. The van der Waals surface area contributed by atoms with E-state index in [0.29, 0.717) is 0 Å². The van der Waals surface area contributed by atoms with Crippen LogP contribution in [0.2, 0.25) is 0 Å². The molecule has 8 heteroatoms. The molecule has 1 aromatic rings. The summed E-state index contributed by atoms with van der Waals surface area (Å²) in [5.41, 5.74) is -0.782. The molecule has 0 unspecified atom stereocenters. The van der Waals surface area contributed by atoms with Crippen LogP contribution in [0.1, 0.15) is 17.3 Å². The van der Waals surface area contributed by atoms with Crippen molar-refractivity contribution >= 4 is 11.7 Å². The fourth-order valence-corrected chi connectivity index (χ4v) is 1.69. The summed E-state index contributed by atoms with van der Waals surface area (Å²) in [6.45, 7) is 1.69.